The summed E-state index contributed by atoms with van der Waals surface area (Å²) in [7, 11) is 2.32. The van der Waals surface area contributed by atoms with Gasteiger partial charge in [-0.05, 0) is 37.8 Å². The molecule has 8 heteroatoms. The molecule has 1 amide bonds. The molecule has 2 N–H and O–H groups in total. The van der Waals surface area contributed by atoms with Crippen LogP contribution in [0.4, 0.5) is 0 Å². The van der Waals surface area contributed by atoms with Crippen molar-refractivity contribution in [3.05, 3.63) is 29.8 Å². The number of hydrogen-bond donors (Lipinski definition) is 2. The number of aliphatic hydroxyl groups is 1. The van der Waals surface area contributed by atoms with Crippen molar-refractivity contribution in [3.8, 4) is 0 Å². The summed E-state index contributed by atoms with van der Waals surface area (Å²) in [6.45, 7) is 3.38. The fraction of sp³-hybridized carbons (Fsp3) is 0.619. The molecule has 3 heterocycles. The van der Waals surface area contributed by atoms with E-state index in [9.17, 15) is 19.8 Å². The van der Waals surface area contributed by atoms with Crippen molar-refractivity contribution in [3.63, 3.8) is 0 Å². The molecule has 3 aliphatic heterocycles. The van der Waals surface area contributed by atoms with Crippen molar-refractivity contribution in [1.82, 2.24) is 4.90 Å². The minimum Gasteiger partial charge on any atom is -0.480 e. The van der Waals surface area contributed by atoms with Gasteiger partial charge < -0.3 is 19.6 Å². The molecule has 0 radical (unpaired) electrons. The molecule has 3 fully saturated rings. The van der Waals surface area contributed by atoms with Gasteiger partial charge in [-0.15, -0.1) is 23.5 Å². The van der Waals surface area contributed by atoms with Crippen LogP contribution in [0.15, 0.2) is 29.2 Å². The standard InChI is InChI=1S/C21H28N2O4S2/c1-23(9-3-2-4-10-23)13-14-6-5-7-15(12-14)28-21-17(20(26)27)22-18(25)16(8-11-24)19(22)29-21/h5-7,12,16-17,19,21,24H,2-4,8-11,13H2,1H3/p+1/t16-,17?,19?,21?/m0/s1. The molecule has 3 saturated heterocycles. The first-order valence-electron chi connectivity index (χ1n) is 10.3. The summed E-state index contributed by atoms with van der Waals surface area (Å²) >= 11 is 3.11. The van der Waals surface area contributed by atoms with E-state index in [1.54, 1.807) is 23.5 Å². The van der Waals surface area contributed by atoms with Crippen LogP contribution in [0.1, 0.15) is 31.2 Å². The first-order valence-corrected chi connectivity index (χ1v) is 12.1. The van der Waals surface area contributed by atoms with E-state index in [4.69, 9.17) is 0 Å². The third-order valence-corrected chi connectivity index (χ3v) is 9.32. The first kappa shape index (κ1) is 21.0. The predicted molar refractivity (Wildman–Crippen MR) is 114 cm³/mol. The second-order valence-electron chi connectivity index (χ2n) is 8.59. The SMILES string of the molecule is C[N+]1(Cc2cccc(SC3SC4[C@@H](CCO)C(=O)N4C3C(=O)O)c2)CCCCC1. The fourth-order valence-electron chi connectivity index (χ4n) is 4.81. The number of quaternary nitrogens is 1. The molecular formula is C21H29N2O4S2+. The average molecular weight is 438 g/mol. The minimum absolute atomic E-state index is 0.0457. The zero-order valence-corrected chi connectivity index (χ0v) is 18.3. The Bertz CT molecular complexity index is 784. The highest BCUT2D eigenvalue weighted by molar-refractivity contribution is 8.17. The van der Waals surface area contributed by atoms with E-state index in [-0.39, 0.29) is 28.4 Å². The number of nitrogens with zero attached hydrogens (tertiary/aromatic N) is 2. The Morgan fingerprint density at radius 2 is 2.07 bits per heavy atom. The van der Waals surface area contributed by atoms with Gasteiger partial charge in [-0.1, -0.05) is 12.1 Å². The van der Waals surface area contributed by atoms with Crippen LogP contribution in [0.2, 0.25) is 0 Å². The van der Waals surface area contributed by atoms with Crippen molar-refractivity contribution in [2.45, 2.75) is 53.1 Å². The molecule has 1 aromatic rings. The van der Waals surface area contributed by atoms with E-state index in [1.165, 1.54) is 42.8 Å². The Kier molecular flexibility index (Phi) is 6.16. The number of carboxylic acid groups (broad SMARTS) is 1. The fourth-order valence-corrected chi connectivity index (χ4v) is 8.21. The molecule has 29 heavy (non-hydrogen) atoms. The van der Waals surface area contributed by atoms with Crippen LogP contribution >= 0.6 is 23.5 Å². The summed E-state index contributed by atoms with van der Waals surface area (Å²) in [5.74, 6) is -1.34. The van der Waals surface area contributed by atoms with Crippen LogP contribution in [0.25, 0.3) is 0 Å². The lowest BCUT2D eigenvalue weighted by atomic mass is 9.93. The number of hydrogen-bond acceptors (Lipinski definition) is 5. The predicted octanol–water partition coefficient (Wildman–Crippen LogP) is 2.60. The van der Waals surface area contributed by atoms with Crippen LogP contribution in [-0.4, -0.2) is 74.2 Å². The monoisotopic (exact) mass is 437 g/mol. The summed E-state index contributed by atoms with van der Waals surface area (Å²) in [4.78, 5) is 26.9. The van der Waals surface area contributed by atoms with Crippen molar-refractivity contribution >= 4 is 35.4 Å². The molecule has 3 unspecified atom stereocenters. The lowest BCUT2D eigenvalue weighted by Gasteiger charge is -2.43. The van der Waals surface area contributed by atoms with Crippen molar-refractivity contribution < 1.29 is 24.3 Å². The van der Waals surface area contributed by atoms with Gasteiger partial charge in [-0.3, -0.25) is 4.79 Å². The maximum absolute atomic E-state index is 12.4. The number of amides is 1. The molecule has 6 nitrogen and oxygen atoms in total. The Labute approximate surface area is 180 Å². The number of carbonyl (C=O) groups is 2. The number of β-lactam (4-membered cyclic amide) rings is 1. The number of carbonyl (C=O) groups excluding carboxylic acids is 1. The van der Waals surface area contributed by atoms with Gasteiger partial charge >= 0.3 is 5.97 Å². The van der Waals surface area contributed by atoms with Gasteiger partial charge in [0.2, 0.25) is 5.91 Å². The van der Waals surface area contributed by atoms with E-state index >= 15 is 0 Å². The lowest BCUT2D eigenvalue weighted by Crippen LogP contribution is -2.61. The minimum atomic E-state index is -0.948. The molecule has 3 aliphatic rings. The molecule has 4 atom stereocenters. The molecule has 0 saturated carbocycles. The second-order valence-corrected chi connectivity index (χ2v) is 11.4. The quantitative estimate of drug-likeness (QED) is 0.504. The van der Waals surface area contributed by atoms with Gasteiger partial charge in [0, 0.05) is 17.1 Å². The lowest BCUT2D eigenvalue weighted by molar-refractivity contribution is -0.926. The Hall–Kier alpha value is -1.22. The maximum atomic E-state index is 12.4. The topological polar surface area (TPSA) is 77.8 Å². The highest BCUT2D eigenvalue weighted by atomic mass is 32.2. The van der Waals surface area contributed by atoms with Gasteiger partial charge in [0.05, 0.1) is 36.0 Å². The van der Waals surface area contributed by atoms with Gasteiger partial charge in [-0.25, -0.2) is 4.79 Å². The Morgan fingerprint density at radius 3 is 2.76 bits per heavy atom. The third kappa shape index (κ3) is 4.17. The van der Waals surface area contributed by atoms with Crippen LogP contribution in [0.3, 0.4) is 0 Å². The summed E-state index contributed by atoms with van der Waals surface area (Å²) < 4.78 is 0.831. The number of aliphatic carboxylic acids is 1. The number of rotatable bonds is 7. The molecule has 0 bridgehead atoms. The van der Waals surface area contributed by atoms with Gasteiger partial charge in [0.25, 0.3) is 0 Å². The van der Waals surface area contributed by atoms with Crippen molar-refractivity contribution in [2.75, 3.05) is 26.7 Å². The van der Waals surface area contributed by atoms with Crippen molar-refractivity contribution in [1.29, 1.82) is 0 Å². The van der Waals surface area contributed by atoms with E-state index in [0.717, 1.165) is 15.9 Å². The number of piperidine rings is 1. The average Bonchev–Trinajstić information content (AvgIpc) is 3.02. The van der Waals surface area contributed by atoms with Crippen LogP contribution in [0.5, 0.6) is 0 Å². The molecule has 0 aliphatic carbocycles. The molecule has 1 aromatic carbocycles. The third-order valence-electron chi connectivity index (χ3n) is 6.33. The Morgan fingerprint density at radius 1 is 1.31 bits per heavy atom. The molecule has 0 spiro atoms. The number of thioether (sulfide) groups is 2. The van der Waals surface area contributed by atoms with E-state index in [2.05, 4.69) is 25.2 Å². The summed E-state index contributed by atoms with van der Waals surface area (Å²) in [6, 6.07) is 7.62. The second kappa shape index (κ2) is 8.49. The highest BCUT2D eigenvalue weighted by Crippen LogP contribution is 2.53. The zero-order chi connectivity index (χ0) is 20.6. The zero-order valence-electron chi connectivity index (χ0n) is 16.7. The number of carboxylic acids is 1. The summed E-state index contributed by atoms with van der Waals surface area (Å²) in [5.41, 5.74) is 1.28. The highest BCUT2D eigenvalue weighted by Gasteiger charge is 2.60. The van der Waals surface area contributed by atoms with Gasteiger partial charge in [-0.2, -0.15) is 0 Å². The molecule has 0 aromatic heterocycles. The van der Waals surface area contributed by atoms with E-state index in [0.29, 0.717) is 6.42 Å². The van der Waals surface area contributed by atoms with Crippen LogP contribution < -0.4 is 0 Å². The van der Waals surface area contributed by atoms with Gasteiger partial charge in [0.1, 0.15) is 6.54 Å². The maximum Gasteiger partial charge on any atom is 0.328 e. The van der Waals surface area contributed by atoms with Crippen LogP contribution in [-0.2, 0) is 16.1 Å². The van der Waals surface area contributed by atoms with E-state index in [1.807, 2.05) is 6.07 Å². The molecular weight excluding hydrogens is 408 g/mol. The Balaban J connectivity index is 1.47. The molecule has 158 valence electrons. The smallest absolute Gasteiger partial charge is 0.328 e. The number of fused-ring (bicyclic) bond motifs is 1. The van der Waals surface area contributed by atoms with Crippen molar-refractivity contribution in [2.24, 2.45) is 5.92 Å². The number of benzene rings is 1. The number of likely N-dealkylation sites (tertiary alicyclic amines) is 1. The summed E-state index contributed by atoms with van der Waals surface area (Å²) in [5, 5.41) is 18.8. The largest absolute Gasteiger partial charge is 0.480 e. The summed E-state index contributed by atoms with van der Waals surface area (Å²) in [6.07, 6.45) is 4.30. The van der Waals surface area contributed by atoms with Gasteiger partial charge in [0.15, 0.2) is 6.04 Å². The number of aliphatic hydroxyl groups excluding tert-OH is 1. The molecule has 4 rings (SSSR count). The first-order chi connectivity index (χ1) is 13.9. The van der Waals surface area contributed by atoms with E-state index < -0.39 is 12.0 Å². The normalized spacial score (nSPS) is 30.7. The van der Waals surface area contributed by atoms with Crippen LogP contribution in [0, 0.1) is 5.92 Å².